The summed E-state index contributed by atoms with van der Waals surface area (Å²) in [6.45, 7) is 6.40. The second-order valence-corrected chi connectivity index (χ2v) is 6.42. The maximum absolute atomic E-state index is 13.0. The zero-order valence-corrected chi connectivity index (χ0v) is 17.9. The van der Waals surface area contributed by atoms with Gasteiger partial charge in [0.05, 0.1) is 19.8 Å². The van der Waals surface area contributed by atoms with E-state index in [4.69, 9.17) is 14.2 Å². The van der Waals surface area contributed by atoms with Crippen molar-refractivity contribution in [1.82, 2.24) is 4.90 Å². The number of halogens is 3. The lowest BCUT2D eigenvalue weighted by molar-refractivity contribution is -0.275. The quantitative estimate of drug-likeness (QED) is 0.516. The van der Waals surface area contributed by atoms with Gasteiger partial charge < -0.3 is 23.8 Å². The lowest BCUT2D eigenvalue weighted by Crippen LogP contribution is -2.27. The number of hydrogen-bond donors (Lipinski definition) is 0. The van der Waals surface area contributed by atoms with Crippen LogP contribution in [0.15, 0.2) is 36.4 Å². The molecule has 0 N–H and O–H groups in total. The standard InChI is InChI=1S/C22H26F3NO5/c1-5-28-18-12-16(13-19(29-6-2)20(18)30-7-3)21(27)26(4)14-15-10-8-9-11-17(15)31-22(23,24)25/h8-13H,5-7,14H2,1-4H3. The number of nitrogens with zero attached hydrogens (tertiary/aromatic N) is 1. The third-order valence-electron chi connectivity index (χ3n) is 4.11. The van der Waals surface area contributed by atoms with Crippen molar-refractivity contribution in [3.63, 3.8) is 0 Å². The van der Waals surface area contributed by atoms with Crippen LogP contribution in [-0.4, -0.2) is 44.0 Å². The number of rotatable bonds is 10. The molecule has 2 aromatic carbocycles. The molecule has 0 fully saturated rings. The first-order valence-electron chi connectivity index (χ1n) is 9.85. The molecular formula is C22H26F3NO5. The summed E-state index contributed by atoms with van der Waals surface area (Å²) >= 11 is 0. The SMILES string of the molecule is CCOc1cc(C(=O)N(C)Cc2ccccc2OC(F)(F)F)cc(OCC)c1OCC. The molecule has 0 bridgehead atoms. The van der Waals surface area contributed by atoms with E-state index >= 15 is 0 Å². The highest BCUT2D eigenvalue weighted by molar-refractivity contribution is 5.95. The predicted octanol–water partition coefficient (Wildman–Crippen LogP) is 5.05. The third-order valence-corrected chi connectivity index (χ3v) is 4.11. The van der Waals surface area contributed by atoms with Crippen LogP contribution in [-0.2, 0) is 6.54 Å². The van der Waals surface area contributed by atoms with Gasteiger partial charge in [0.1, 0.15) is 5.75 Å². The number of carbonyl (C=O) groups excluding carboxylic acids is 1. The Bertz CT molecular complexity index is 859. The first-order valence-corrected chi connectivity index (χ1v) is 9.85. The van der Waals surface area contributed by atoms with Crippen LogP contribution in [0.4, 0.5) is 13.2 Å². The number of ether oxygens (including phenoxy) is 4. The summed E-state index contributed by atoms with van der Waals surface area (Å²) < 4.78 is 59.0. The first-order chi connectivity index (χ1) is 14.7. The second-order valence-electron chi connectivity index (χ2n) is 6.42. The molecular weight excluding hydrogens is 415 g/mol. The average molecular weight is 441 g/mol. The maximum atomic E-state index is 13.0. The van der Waals surface area contributed by atoms with E-state index in [9.17, 15) is 18.0 Å². The molecule has 1 amide bonds. The molecule has 0 aliphatic carbocycles. The Morgan fingerprint density at radius 3 is 1.97 bits per heavy atom. The van der Waals surface area contributed by atoms with Gasteiger partial charge in [-0.1, -0.05) is 18.2 Å². The number of alkyl halides is 3. The van der Waals surface area contributed by atoms with E-state index in [-0.39, 0.29) is 23.4 Å². The van der Waals surface area contributed by atoms with Crippen LogP contribution < -0.4 is 18.9 Å². The van der Waals surface area contributed by atoms with E-state index in [2.05, 4.69) is 4.74 Å². The van der Waals surface area contributed by atoms with E-state index < -0.39 is 12.3 Å². The number of carbonyl (C=O) groups is 1. The van der Waals surface area contributed by atoms with E-state index in [0.717, 1.165) is 0 Å². The Balaban J connectivity index is 2.34. The number of benzene rings is 2. The molecule has 0 atom stereocenters. The topological polar surface area (TPSA) is 57.2 Å². The average Bonchev–Trinajstić information content (AvgIpc) is 2.70. The fraction of sp³-hybridized carbons (Fsp3) is 0.409. The van der Waals surface area contributed by atoms with Crippen molar-refractivity contribution in [3.8, 4) is 23.0 Å². The van der Waals surface area contributed by atoms with Crippen molar-refractivity contribution in [2.24, 2.45) is 0 Å². The summed E-state index contributed by atoms with van der Waals surface area (Å²) in [5, 5.41) is 0. The fourth-order valence-corrected chi connectivity index (χ4v) is 2.92. The van der Waals surface area contributed by atoms with E-state index in [0.29, 0.717) is 37.1 Å². The van der Waals surface area contributed by atoms with Crippen LogP contribution in [0.3, 0.4) is 0 Å². The molecule has 0 spiro atoms. The number of hydrogen-bond acceptors (Lipinski definition) is 5. The maximum Gasteiger partial charge on any atom is 0.573 e. The Kier molecular flexibility index (Phi) is 8.41. The van der Waals surface area contributed by atoms with E-state index in [1.54, 1.807) is 19.9 Å². The Morgan fingerprint density at radius 2 is 1.45 bits per heavy atom. The highest BCUT2D eigenvalue weighted by Gasteiger charge is 2.32. The minimum Gasteiger partial charge on any atom is -0.490 e. The molecule has 2 aromatic rings. The Morgan fingerprint density at radius 1 is 0.903 bits per heavy atom. The molecule has 0 aliphatic heterocycles. The van der Waals surface area contributed by atoms with Gasteiger partial charge in [0, 0.05) is 24.7 Å². The van der Waals surface area contributed by atoms with Crippen molar-refractivity contribution < 1.29 is 36.9 Å². The molecule has 9 heteroatoms. The van der Waals surface area contributed by atoms with Crippen LogP contribution in [0.1, 0.15) is 36.7 Å². The van der Waals surface area contributed by atoms with Crippen molar-refractivity contribution in [2.75, 3.05) is 26.9 Å². The van der Waals surface area contributed by atoms with Gasteiger partial charge in [-0.3, -0.25) is 4.79 Å². The summed E-state index contributed by atoms with van der Waals surface area (Å²) in [6.07, 6.45) is -4.83. The second kappa shape index (κ2) is 10.8. The molecule has 31 heavy (non-hydrogen) atoms. The summed E-state index contributed by atoms with van der Waals surface area (Å²) in [5.74, 6) is 0.327. The smallest absolute Gasteiger partial charge is 0.490 e. The van der Waals surface area contributed by atoms with Gasteiger partial charge in [-0.25, -0.2) is 0 Å². The van der Waals surface area contributed by atoms with E-state index in [1.807, 2.05) is 6.92 Å². The number of amides is 1. The largest absolute Gasteiger partial charge is 0.573 e. The van der Waals surface area contributed by atoms with Crippen molar-refractivity contribution in [3.05, 3.63) is 47.5 Å². The zero-order chi connectivity index (χ0) is 23.0. The number of para-hydroxylation sites is 1. The minimum absolute atomic E-state index is 0.0910. The lowest BCUT2D eigenvalue weighted by Gasteiger charge is -2.22. The van der Waals surface area contributed by atoms with Crippen molar-refractivity contribution >= 4 is 5.91 Å². The lowest BCUT2D eigenvalue weighted by atomic mass is 10.1. The predicted molar refractivity (Wildman–Crippen MR) is 109 cm³/mol. The van der Waals surface area contributed by atoms with Gasteiger partial charge in [0.25, 0.3) is 5.91 Å². The van der Waals surface area contributed by atoms with Gasteiger partial charge in [0.15, 0.2) is 11.5 Å². The minimum atomic E-state index is -4.83. The van der Waals surface area contributed by atoms with Crippen LogP contribution in [0.2, 0.25) is 0 Å². The summed E-state index contributed by atoms with van der Waals surface area (Å²) in [4.78, 5) is 14.3. The van der Waals surface area contributed by atoms with Crippen LogP contribution in [0, 0.1) is 0 Å². The molecule has 2 rings (SSSR count). The Hall–Kier alpha value is -3.10. The highest BCUT2D eigenvalue weighted by atomic mass is 19.4. The molecule has 0 aromatic heterocycles. The van der Waals surface area contributed by atoms with Gasteiger partial charge in [-0.05, 0) is 39.0 Å². The monoisotopic (exact) mass is 441 g/mol. The molecule has 0 saturated carbocycles. The van der Waals surface area contributed by atoms with Gasteiger partial charge in [0.2, 0.25) is 5.75 Å². The molecule has 6 nitrogen and oxygen atoms in total. The zero-order valence-electron chi connectivity index (χ0n) is 17.9. The van der Waals surface area contributed by atoms with Gasteiger partial charge in [-0.15, -0.1) is 13.2 Å². The fourth-order valence-electron chi connectivity index (χ4n) is 2.92. The van der Waals surface area contributed by atoms with Crippen LogP contribution in [0.25, 0.3) is 0 Å². The highest BCUT2D eigenvalue weighted by Crippen LogP contribution is 2.39. The van der Waals surface area contributed by atoms with Crippen LogP contribution >= 0.6 is 0 Å². The first kappa shape index (κ1) is 24.2. The summed E-state index contributed by atoms with van der Waals surface area (Å²) in [6, 6.07) is 8.76. The van der Waals surface area contributed by atoms with Gasteiger partial charge >= 0.3 is 6.36 Å². The molecule has 0 aliphatic rings. The van der Waals surface area contributed by atoms with E-state index in [1.165, 1.54) is 42.3 Å². The molecule has 0 heterocycles. The normalized spacial score (nSPS) is 11.1. The third kappa shape index (κ3) is 6.70. The van der Waals surface area contributed by atoms with Crippen molar-refractivity contribution in [1.29, 1.82) is 0 Å². The summed E-state index contributed by atoms with van der Waals surface area (Å²) in [5.41, 5.74) is 0.476. The summed E-state index contributed by atoms with van der Waals surface area (Å²) in [7, 11) is 1.49. The Labute approximate surface area is 179 Å². The molecule has 0 unspecified atom stereocenters. The van der Waals surface area contributed by atoms with Crippen molar-refractivity contribution in [2.45, 2.75) is 33.7 Å². The molecule has 0 radical (unpaired) electrons. The van der Waals surface area contributed by atoms with Crippen LogP contribution in [0.5, 0.6) is 23.0 Å². The van der Waals surface area contributed by atoms with Gasteiger partial charge in [-0.2, -0.15) is 0 Å². The molecule has 170 valence electrons. The molecule has 0 saturated heterocycles.